The minimum atomic E-state index is 0.0618. The molecule has 8 heteroatoms. The first-order chi connectivity index (χ1) is 17.6. The van der Waals surface area contributed by atoms with Crippen molar-refractivity contribution in [2.24, 2.45) is 0 Å². The number of benzene rings is 2. The van der Waals surface area contributed by atoms with Crippen molar-refractivity contribution >= 4 is 23.4 Å². The number of rotatable bonds is 10. The number of ether oxygens (including phenoxy) is 1. The zero-order valence-corrected chi connectivity index (χ0v) is 20.8. The van der Waals surface area contributed by atoms with Gasteiger partial charge >= 0.3 is 0 Å². The lowest BCUT2D eigenvalue weighted by molar-refractivity contribution is -0.121. The Kier molecular flexibility index (Phi) is 8.35. The van der Waals surface area contributed by atoms with E-state index in [4.69, 9.17) is 9.72 Å². The minimum absolute atomic E-state index is 0.0618. The van der Waals surface area contributed by atoms with Crippen LogP contribution in [0.5, 0.6) is 5.75 Å². The number of aryl methyl sites for hydroxylation is 2. The van der Waals surface area contributed by atoms with Crippen molar-refractivity contribution in [1.82, 2.24) is 15.3 Å². The molecule has 2 aromatic carbocycles. The molecule has 1 aliphatic rings. The number of carbonyl (C=O) groups excluding carboxylic acids is 1. The Morgan fingerprint density at radius 1 is 1.17 bits per heavy atom. The lowest BCUT2D eigenvalue weighted by Gasteiger charge is -2.20. The van der Waals surface area contributed by atoms with Gasteiger partial charge in [0.1, 0.15) is 11.6 Å². The molecule has 1 unspecified atom stereocenters. The summed E-state index contributed by atoms with van der Waals surface area (Å²) in [4.78, 5) is 24.2. The first-order valence-corrected chi connectivity index (χ1v) is 12.4. The SMILES string of the molecule is CCCc1cc(N2CCC(NC(=O)CCc3ccc(OC)cc3)C2)nc(Nc2cccc(C#N)c2)n1. The van der Waals surface area contributed by atoms with Gasteiger partial charge in [-0.25, -0.2) is 4.98 Å². The van der Waals surface area contributed by atoms with E-state index in [1.165, 1.54) is 0 Å². The van der Waals surface area contributed by atoms with Crippen molar-refractivity contribution in [2.75, 3.05) is 30.4 Å². The van der Waals surface area contributed by atoms with E-state index < -0.39 is 0 Å². The summed E-state index contributed by atoms with van der Waals surface area (Å²) in [5.41, 5.74) is 3.43. The van der Waals surface area contributed by atoms with Gasteiger partial charge in [-0.3, -0.25) is 4.79 Å². The van der Waals surface area contributed by atoms with Gasteiger partial charge in [0.2, 0.25) is 11.9 Å². The van der Waals surface area contributed by atoms with E-state index >= 15 is 0 Å². The second kappa shape index (κ2) is 12.0. The van der Waals surface area contributed by atoms with Gasteiger partial charge in [-0.15, -0.1) is 0 Å². The summed E-state index contributed by atoms with van der Waals surface area (Å²) in [5.74, 6) is 2.24. The fraction of sp³-hybridized carbons (Fsp3) is 0.357. The maximum Gasteiger partial charge on any atom is 0.229 e. The fourth-order valence-corrected chi connectivity index (χ4v) is 4.32. The van der Waals surface area contributed by atoms with Crippen molar-refractivity contribution in [3.8, 4) is 11.8 Å². The number of methoxy groups -OCH3 is 1. The maximum atomic E-state index is 12.6. The van der Waals surface area contributed by atoms with E-state index in [-0.39, 0.29) is 11.9 Å². The summed E-state index contributed by atoms with van der Waals surface area (Å²) in [7, 11) is 1.64. The van der Waals surface area contributed by atoms with E-state index in [0.717, 1.165) is 54.3 Å². The summed E-state index contributed by atoms with van der Waals surface area (Å²) in [6.45, 7) is 3.65. The van der Waals surface area contributed by atoms with Gasteiger partial charge in [0, 0.05) is 43.0 Å². The summed E-state index contributed by atoms with van der Waals surface area (Å²) in [6.07, 6.45) is 3.84. The van der Waals surface area contributed by atoms with Gasteiger partial charge in [0.15, 0.2) is 0 Å². The molecule has 0 saturated carbocycles. The smallest absolute Gasteiger partial charge is 0.229 e. The number of nitrogens with zero attached hydrogens (tertiary/aromatic N) is 4. The first-order valence-electron chi connectivity index (χ1n) is 12.4. The Bertz CT molecular complexity index is 1220. The van der Waals surface area contributed by atoms with Crippen LogP contribution in [0, 0.1) is 11.3 Å². The molecule has 4 rings (SSSR count). The van der Waals surface area contributed by atoms with E-state index in [9.17, 15) is 10.1 Å². The molecule has 3 aromatic rings. The Morgan fingerprint density at radius 2 is 2.00 bits per heavy atom. The molecule has 36 heavy (non-hydrogen) atoms. The highest BCUT2D eigenvalue weighted by Gasteiger charge is 2.25. The van der Waals surface area contributed by atoms with Gasteiger partial charge in [0.05, 0.1) is 18.7 Å². The number of aromatic nitrogens is 2. The molecule has 1 atom stereocenters. The number of hydrogen-bond acceptors (Lipinski definition) is 7. The van der Waals surface area contributed by atoms with Crippen molar-refractivity contribution in [3.63, 3.8) is 0 Å². The number of nitrogens with one attached hydrogen (secondary N) is 2. The van der Waals surface area contributed by atoms with Crippen LogP contribution >= 0.6 is 0 Å². The van der Waals surface area contributed by atoms with Crippen LogP contribution in [0.3, 0.4) is 0 Å². The van der Waals surface area contributed by atoms with Gasteiger partial charge in [-0.1, -0.05) is 31.5 Å². The standard InChI is InChI=1S/C28H32N6O2/c1-3-5-22-17-26(33-28(31-22)32-23-7-4-6-21(16-23)18-29)34-15-14-24(19-34)30-27(35)13-10-20-8-11-25(36-2)12-9-20/h4,6-9,11-12,16-17,24H,3,5,10,13-15,19H2,1-2H3,(H,30,35)(H,31,32,33). The van der Waals surface area contributed by atoms with Gasteiger partial charge in [0.25, 0.3) is 0 Å². The summed E-state index contributed by atoms with van der Waals surface area (Å²) >= 11 is 0. The fourth-order valence-electron chi connectivity index (χ4n) is 4.32. The zero-order chi connectivity index (χ0) is 25.3. The molecule has 2 heterocycles. The summed E-state index contributed by atoms with van der Waals surface area (Å²) in [6, 6.07) is 19.4. The second-order valence-electron chi connectivity index (χ2n) is 8.96. The van der Waals surface area contributed by atoms with Crippen LogP contribution in [0.2, 0.25) is 0 Å². The van der Waals surface area contributed by atoms with Crippen LogP contribution in [0.15, 0.2) is 54.6 Å². The number of carbonyl (C=O) groups is 1. The first kappa shape index (κ1) is 25.0. The van der Waals surface area contributed by atoms with E-state index in [0.29, 0.717) is 30.9 Å². The van der Waals surface area contributed by atoms with Crippen molar-refractivity contribution < 1.29 is 9.53 Å². The third kappa shape index (κ3) is 6.72. The molecule has 186 valence electrons. The van der Waals surface area contributed by atoms with Crippen LogP contribution in [0.25, 0.3) is 0 Å². The third-order valence-electron chi connectivity index (χ3n) is 6.20. The number of nitriles is 1. The molecule has 0 aliphatic carbocycles. The Morgan fingerprint density at radius 3 is 2.75 bits per heavy atom. The largest absolute Gasteiger partial charge is 0.497 e. The lowest BCUT2D eigenvalue weighted by atomic mass is 10.1. The maximum absolute atomic E-state index is 12.6. The predicted octanol–water partition coefficient (Wildman–Crippen LogP) is 4.38. The summed E-state index contributed by atoms with van der Waals surface area (Å²) in [5, 5.41) is 15.6. The van der Waals surface area contributed by atoms with Crippen LogP contribution in [0.4, 0.5) is 17.5 Å². The molecule has 1 saturated heterocycles. The van der Waals surface area contributed by atoms with Crippen LogP contribution < -0.4 is 20.3 Å². The Hall–Kier alpha value is -4.12. The average molecular weight is 485 g/mol. The highest BCUT2D eigenvalue weighted by molar-refractivity contribution is 5.76. The molecule has 0 spiro atoms. The number of amides is 1. The third-order valence-corrected chi connectivity index (χ3v) is 6.20. The Labute approximate surface area is 212 Å². The van der Waals surface area contributed by atoms with Crippen LogP contribution in [-0.2, 0) is 17.6 Å². The lowest BCUT2D eigenvalue weighted by Crippen LogP contribution is -2.37. The molecule has 8 nitrogen and oxygen atoms in total. The van der Waals surface area contributed by atoms with Crippen molar-refractivity contribution in [3.05, 3.63) is 71.4 Å². The van der Waals surface area contributed by atoms with E-state index in [1.807, 2.05) is 42.5 Å². The average Bonchev–Trinajstić information content (AvgIpc) is 3.36. The molecule has 1 amide bonds. The molecule has 1 fully saturated rings. The normalized spacial score (nSPS) is 14.8. The van der Waals surface area contributed by atoms with Gasteiger partial charge in [-0.05, 0) is 55.2 Å². The monoisotopic (exact) mass is 484 g/mol. The van der Waals surface area contributed by atoms with Crippen LogP contribution in [-0.4, -0.2) is 42.1 Å². The Balaban J connectivity index is 1.37. The number of anilines is 3. The summed E-state index contributed by atoms with van der Waals surface area (Å²) < 4.78 is 5.19. The quantitative estimate of drug-likeness (QED) is 0.440. The number of hydrogen-bond donors (Lipinski definition) is 2. The molecule has 1 aliphatic heterocycles. The van der Waals surface area contributed by atoms with E-state index in [2.05, 4.69) is 33.5 Å². The topological polar surface area (TPSA) is 103 Å². The van der Waals surface area contributed by atoms with Gasteiger partial charge in [-0.2, -0.15) is 10.2 Å². The van der Waals surface area contributed by atoms with Gasteiger partial charge < -0.3 is 20.3 Å². The van der Waals surface area contributed by atoms with Crippen LogP contribution in [0.1, 0.15) is 43.0 Å². The minimum Gasteiger partial charge on any atom is -0.497 e. The molecular weight excluding hydrogens is 452 g/mol. The molecule has 1 aromatic heterocycles. The molecular formula is C28H32N6O2. The molecule has 0 bridgehead atoms. The van der Waals surface area contributed by atoms with Crippen molar-refractivity contribution in [2.45, 2.75) is 45.1 Å². The zero-order valence-electron chi connectivity index (χ0n) is 20.8. The van der Waals surface area contributed by atoms with Crippen molar-refractivity contribution in [1.29, 1.82) is 5.26 Å². The highest BCUT2D eigenvalue weighted by Crippen LogP contribution is 2.23. The predicted molar refractivity (Wildman–Crippen MR) is 141 cm³/mol. The van der Waals surface area contributed by atoms with E-state index in [1.54, 1.807) is 19.2 Å². The highest BCUT2D eigenvalue weighted by atomic mass is 16.5. The molecule has 0 radical (unpaired) electrons. The second-order valence-corrected chi connectivity index (χ2v) is 8.96. The molecule has 2 N–H and O–H groups in total.